The monoisotopic (exact) mass is 303 g/mol. The molecule has 0 radical (unpaired) electrons. The lowest BCUT2D eigenvalue weighted by atomic mass is 10.1. The number of benzene rings is 1. The van der Waals surface area contributed by atoms with Gasteiger partial charge in [-0.3, -0.25) is 4.79 Å². The SMILES string of the molecule is O=C(O)c1ccc(C=NNC(=O)c2cccnc2Cl)cc1. The predicted molar refractivity (Wildman–Crippen MR) is 77.7 cm³/mol. The Kier molecular flexibility index (Phi) is 4.63. The van der Waals surface area contributed by atoms with Crippen LogP contribution in [-0.2, 0) is 0 Å². The fourth-order valence-electron chi connectivity index (χ4n) is 1.49. The maximum absolute atomic E-state index is 11.8. The zero-order valence-electron chi connectivity index (χ0n) is 10.7. The van der Waals surface area contributed by atoms with Crippen molar-refractivity contribution in [2.45, 2.75) is 0 Å². The first-order valence-electron chi connectivity index (χ1n) is 5.85. The Morgan fingerprint density at radius 1 is 1.24 bits per heavy atom. The molecule has 106 valence electrons. The third-order valence-electron chi connectivity index (χ3n) is 2.54. The van der Waals surface area contributed by atoms with Crippen molar-refractivity contribution in [1.82, 2.24) is 10.4 Å². The number of hydrogen-bond donors (Lipinski definition) is 2. The van der Waals surface area contributed by atoms with Crippen LogP contribution in [0.25, 0.3) is 0 Å². The molecule has 2 aromatic rings. The van der Waals surface area contributed by atoms with Gasteiger partial charge in [0.2, 0.25) is 0 Å². The molecule has 0 saturated carbocycles. The van der Waals surface area contributed by atoms with Gasteiger partial charge in [-0.25, -0.2) is 15.2 Å². The molecule has 1 amide bonds. The predicted octanol–water partition coefficient (Wildman–Crippen LogP) is 2.20. The smallest absolute Gasteiger partial charge is 0.335 e. The van der Waals surface area contributed by atoms with Crippen LogP contribution in [0.15, 0.2) is 47.7 Å². The minimum Gasteiger partial charge on any atom is -0.478 e. The highest BCUT2D eigenvalue weighted by atomic mass is 35.5. The number of carboxylic acids is 1. The molecule has 1 aromatic carbocycles. The number of amides is 1. The number of carbonyl (C=O) groups is 2. The van der Waals surface area contributed by atoms with Gasteiger partial charge >= 0.3 is 5.97 Å². The number of aromatic nitrogens is 1. The first-order valence-corrected chi connectivity index (χ1v) is 6.23. The third kappa shape index (κ3) is 3.87. The van der Waals surface area contributed by atoms with Crippen molar-refractivity contribution in [3.8, 4) is 0 Å². The molecule has 1 heterocycles. The summed E-state index contributed by atoms with van der Waals surface area (Å²) in [5, 5.41) is 12.6. The summed E-state index contributed by atoms with van der Waals surface area (Å²) in [5.41, 5.74) is 3.36. The zero-order chi connectivity index (χ0) is 15.2. The first-order chi connectivity index (χ1) is 10.1. The lowest BCUT2D eigenvalue weighted by molar-refractivity contribution is 0.0696. The molecule has 0 aliphatic carbocycles. The molecule has 0 atom stereocenters. The fourth-order valence-corrected chi connectivity index (χ4v) is 1.70. The number of aromatic carboxylic acids is 1. The average Bonchev–Trinajstić information content (AvgIpc) is 2.48. The number of halogens is 1. The molecule has 0 bridgehead atoms. The van der Waals surface area contributed by atoms with Gasteiger partial charge in [0.1, 0.15) is 5.15 Å². The summed E-state index contributed by atoms with van der Waals surface area (Å²) in [7, 11) is 0. The molecule has 2 rings (SSSR count). The van der Waals surface area contributed by atoms with Crippen LogP contribution in [0.1, 0.15) is 26.3 Å². The standard InChI is InChI=1S/C14H10ClN3O3/c15-12-11(2-1-7-16-12)13(19)18-17-8-9-3-5-10(6-4-9)14(20)21/h1-8H,(H,18,19)(H,20,21). The van der Waals surface area contributed by atoms with Crippen molar-refractivity contribution in [3.63, 3.8) is 0 Å². The van der Waals surface area contributed by atoms with Gasteiger partial charge in [-0.1, -0.05) is 23.7 Å². The van der Waals surface area contributed by atoms with Gasteiger partial charge in [0, 0.05) is 6.20 Å². The van der Waals surface area contributed by atoms with E-state index in [9.17, 15) is 9.59 Å². The van der Waals surface area contributed by atoms with Crippen LogP contribution < -0.4 is 5.43 Å². The minimum atomic E-state index is -1.00. The second-order valence-corrected chi connectivity index (χ2v) is 4.33. The topological polar surface area (TPSA) is 91.6 Å². The van der Waals surface area contributed by atoms with Crippen molar-refractivity contribution in [2.75, 3.05) is 0 Å². The normalized spacial score (nSPS) is 10.5. The van der Waals surface area contributed by atoms with Crippen LogP contribution in [0, 0.1) is 0 Å². The van der Waals surface area contributed by atoms with Gasteiger partial charge in [0.05, 0.1) is 17.3 Å². The maximum Gasteiger partial charge on any atom is 0.335 e. The van der Waals surface area contributed by atoms with E-state index in [1.807, 2.05) is 0 Å². The molecule has 0 unspecified atom stereocenters. The number of hydrogen-bond acceptors (Lipinski definition) is 4. The highest BCUT2D eigenvalue weighted by Crippen LogP contribution is 2.10. The molecule has 0 spiro atoms. The molecule has 2 N–H and O–H groups in total. The summed E-state index contributed by atoms with van der Waals surface area (Å²) in [6.07, 6.45) is 2.88. The van der Waals surface area contributed by atoms with Crippen molar-refractivity contribution in [1.29, 1.82) is 0 Å². The van der Waals surface area contributed by atoms with Crippen LogP contribution >= 0.6 is 11.6 Å². The quantitative estimate of drug-likeness (QED) is 0.514. The average molecular weight is 304 g/mol. The van der Waals surface area contributed by atoms with Crippen molar-refractivity contribution >= 4 is 29.7 Å². The molecule has 0 aliphatic heterocycles. The van der Waals surface area contributed by atoms with Crippen molar-refractivity contribution < 1.29 is 14.7 Å². The van der Waals surface area contributed by atoms with Gasteiger partial charge in [0.25, 0.3) is 5.91 Å². The number of rotatable bonds is 4. The molecule has 0 aliphatic rings. The summed E-state index contributed by atoms with van der Waals surface area (Å²) in [4.78, 5) is 26.3. The van der Waals surface area contributed by atoms with Crippen LogP contribution in [-0.4, -0.2) is 28.2 Å². The Hall–Kier alpha value is -2.73. The fraction of sp³-hybridized carbons (Fsp3) is 0. The maximum atomic E-state index is 11.8. The summed E-state index contributed by atoms with van der Waals surface area (Å²) in [6.45, 7) is 0. The van der Waals surface area contributed by atoms with E-state index < -0.39 is 11.9 Å². The van der Waals surface area contributed by atoms with E-state index in [0.29, 0.717) is 5.56 Å². The molecule has 1 aromatic heterocycles. The van der Waals surface area contributed by atoms with Gasteiger partial charge in [-0.05, 0) is 29.8 Å². The van der Waals surface area contributed by atoms with Crippen molar-refractivity contribution in [3.05, 3.63) is 64.4 Å². The Balaban J connectivity index is 2.01. The molecule has 6 nitrogen and oxygen atoms in total. The highest BCUT2D eigenvalue weighted by Gasteiger charge is 2.09. The van der Waals surface area contributed by atoms with E-state index >= 15 is 0 Å². The Bertz CT molecular complexity index is 699. The number of hydrazone groups is 1. The summed E-state index contributed by atoms with van der Waals surface area (Å²) in [6, 6.07) is 9.18. The number of nitrogens with one attached hydrogen (secondary N) is 1. The van der Waals surface area contributed by atoms with E-state index in [2.05, 4.69) is 15.5 Å². The molecule has 7 heteroatoms. The summed E-state index contributed by atoms with van der Waals surface area (Å²) in [5.74, 6) is -1.48. The van der Waals surface area contributed by atoms with Crippen LogP contribution in [0.4, 0.5) is 0 Å². The van der Waals surface area contributed by atoms with Gasteiger partial charge in [-0.2, -0.15) is 5.10 Å². The Morgan fingerprint density at radius 3 is 2.57 bits per heavy atom. The lowest BCUT2D eigenvalue weighted by Crippen LogP contribution is -2.18. The number of carbonyl (C=O) groups excluding carboxylic acids is 1. The van der Waals surface area contributed by atoms with Gasteiger partial charge < -0.3 is 5.11 Å². The molecule has 21 heavy (non-hydrogen) atoms. The zero-order valence-corrected chi connectivity index (χ0v) is 11.4. The summed E-state index contributed by atoms with van der Waals surface area (Å²) < 4.78 is 0. The van der Waals surface area contributed by atoms with Crippen LogP contribution in [0.2, 0.25) is 5.15 Å². The largest absolute Gasteiger partial charge is 0.478 e. The lowest BCUT2D eigenvalue weighted by Gasteiger charge is -2.01. The van der Waals surface area contributed by atoms with Crippen molar-refractivity contribution in [2.24, 2.45) is 5.10 Å². The highest BCUT2D eigenvalue weighted by molar-refractivity contribution is 6.32. The second kappa shape index (κ2) is 6.62. The van der Waals surface area contributed by atoms with E-state index in [0.717, 1.165) is 0 Å². The first kappa shape index (κ1) is 14.7. The molecule has 0 fully saturated rings. The van der Waals surface area contributed by atoms with Gasteiger partial charge in [0.15, 0.2) is 0 Å². The number of carboxylic acid groups (broad SMARTS) is 1. The van der Waals surface area contributed by atoms with Crippen LogP contribution in [0.3, 0.4) is 0 Å². The van der Waals surface area contributed by atoms with E-state index in [1.165, 1.54) is 30.6 Å². The van der Waals surface area contributed by atoms with Gasteiger partial charge in [-0.15, -0.1) is 0 Å². The number of nitrogens with zero attached hydrogens (tertiary/aromatic N) is 2. The molecule has 0 saturated heterocycles. The molecular weight excluding hydrogens is 294 g/mol. The molecular formula is C14H10ClN3O3. The van der Waals surface area contributed by atoms with E-state index in [4.69, 9.17) is 16.7 Å². The summed E-state index contributed by atoms with van der Waals surface area (Å²) >= 11 is 5.78. The number of pyridine rings is 1. The third-order valence-corrected chi connectivity index (χ3v) is 2.84. The van der Waals surface area contributed by atoms with E-state index in [1.54, 1.807) is 18.2 Å². The Morgan fingerprint density at radius 2 is 1.95 bits per heavy atom. The minimum absolute atomic E-state index is 0.0935. The van der Waals surface area contributed by atoms with Crippen LogP contribution in [0.5, 0.6) is 0 Å². The Labute approximate surface area is 125 Å². The van der Waals surface area contributed by atoms with E-state index in [-0.39, 0.29) is 16.3 Å². The second-order valence-electron chi connectivity index (χ2n) is 3.97.